The molecule has 0 bridgehead atoms. The first kappa shape index (κ1) is 18.7. The van der Waals surface area contributed by atoms with Crippen LogP contribution in [0.25, 0.3) is 10.9 Å². The molecule has 6 heteroatoms. The molecule has 2 N–H and O–H groups in total. The quantitative estimate of drug-likeness (QED) is 0.902. The molecule has 0 saturated carbocycles. The Morgan fingerprint density at radius 2 is 2.18 bits per heavy atom. The van der Waals surface area contributed by atoms with Crippen molar-refractivity contribution in [1.29, 1.82) is 0 Å². The summed E-state index contributed by atoms with van der Waals surface area (Å²) in [6, 6.07) is 9.49. The molecule has 1 fully saturated rings. The highest BCUT2D eigenvalue weighted by Gasteiger charge is 2.14. The number of fused-ring (bicyclic) bond motifs is 1. The summed E-state index contributed by atoms with van der Waals surface area (Å²) in [6.45, 7) is 2.85. The zero-order chi connectivity index (χ0) is 13.8. The second kappa shape index (κ2) is 8.93. The van der Waals surface area contributed by atoms with Crippen molar-refractivity contribution >= 4 is 41.6 Å². The van der Waals surface area contributed by atoms with E-state index in [0.717, 1.165) is 30.5 Å². The molecule has 1 aliphatic heterocycles. The number of aromatic nitrogens is 1. The third-order valence-corrected chi connectivity index (χ3v) is 3.82. The van der Waals surface area contributed by atoms with Gasteiger partial charge in [-0.05, 0) is 56.1 Å². The summed E-state index contributed by atoms with van der Waals surface area (Å²) in [5.41, 5.74) is 1.62. The van der Waals surface area contributed by atoms with Crippen LogP contribution < -0.4 is 10.6 Å². The van der Waals surface area contributed by atoms with Gasteiger partial charge < -0.3 is 10.6 Å². The number of hydrogen-bond donors (Lipinski definition) is 2. The summed E-state index contributed by atoms with van der Waals surface area (Å²) in [5, 5.41) is 7.40. The number of halogens is 2. The molecule has 2 aromatic rings. The van der Waals surface area contributed by atoms with E-state index in [2.05, 4.69) is 15.6 Å². The van der Waals surface area contributed by atoms with Crippen LogP contribution in [-0.4, -0.2) is 30.5 Å². The predicted octanol–water partition coefficient (Wildman–Crippen LogP) is 2.81. The van der Waals surface area contributed by atoms with Gasteiger partial charge in [-0.1, -0.05) is 6.07 Å². The zero-order valence-corrected chi connectivity index (χ0v) is 13.9. The molecule has 2 heterocycles. The minimum atomic E-state index is 0. The van der Waals surface area contributed by atoms with Crippen LogP contribution in [0.1, 0.15) is 23.2 Å². The maximum Gasteiger partial charge on any atom is 0.251 e. The maximum atomic E-state index is 12.2. The fraction of sp³-hybridized carbons (Fsp3) is 0.375. The molecule has 120 valence electrons. The summed E-state index contributed by atoms with van der Waals surface area (Å²) in [5.74, 6) is 0.552. The lowest BCUT2D eigenvalue weighted by Crippen LogP contribution is -2.38. The van der Waals surface area contributed by atoms with E-state index in [1.54, 1.807) is 6.20 Å². The van der Waals surface area contributed by atoms with Crippen molar-refractivity contribution in [1.82, 2.24) is 15.6 Å². The number of pyridine rings is 1. The first-order valence-electron chi connectivity index (χ1n) is 7.16. The van der Waals surface area contributed by atoms with Crippen LogP contribution in [-0.2, 0) is 0 Å². The van der Waals surface area contributed by atoms with Gasteiger partial charge in [-0.3, -0.25) is 9.78 Å². The Morgan fingerprint density at radius 3 is 2.95 bits per heavy atom. The molecule has 1 saturated heterocycles. The molecule has 22 heavy (non-hydrogen) atoms. The number of nitrogens with one attached hydrogen (secondary N) is 2. The fourth-order valence-corrected chi connectivity index (χ4v) is 2.65. The highest BCUT2D eigenvalue weighted by Crippen LogP contribution is 2.14. The van der Waals surface area contributed by atoms with Gasteiger partial charge in [0.15, 0.2) is 0 Å². The molecule has 0 aliphatic carbocycles. The average molecular weight is 342 g/mol. The monoisotopic (exact) mass is 341 g/mol. The standard InChI is InChI=1S/C16H19N3O.2ClH/c20-16(19-11-12-3-1-7-17-10-12)14-5-6-15-13(9-14)4-2-8-18-15;;/h2,4-6,8-9,12,17H,1,3,7,10-11H2,(H,19,20);2*1H. The minimum Gasteiger partial charge on any atom is -0.352 e. The van der Waals surface area contributed by atoms with E-state index in [9.17, 15) is 4.79 Å². The number of carbonyl (C=O) groups excluding carboxylic acids is 1. The Bertz CT molecular complexity index is 615. The highest BCUT2D eigenvalue weighted by molar-refractivity contribution is 5.97. The van der Waals surface area contributed by atoms with Gasteiger partial charge in [0, 0.05) is 23.7 Å². The fourth-order valence-electron chi connectivity index (χ4n) is 2.65. The summed E-state index contributed by atoms with van der Waals surface area (Å²) in [4.78, 5) is 16.4. The third kappa shape index (κ3) is 4.57. The van der Waals surface area contributed by atoms with E-state index in [1.807, 2.05) is 30.3 Å². The maximum absolute atomic E-state index is 12.2. The Morgan fingerprint density at radius 1 is 1.32 bits per heavy atom. The molecular formula is C16H21Cl2N3O. The first-order valence-corrected chi connectivity index (χ1v) is 7.16. The lowest BCUT2D eigenvalue weighted by Gasteiger charge is -2.22. The largest absolute Gasteiger partial charge is 0.352 e. The van der Waals surface area contributed by atoms with Gasteiger partial charge in [0.05, 0.1) is 5.52 Å². The second-order valence-electron chi connectivity index (χ2n) is 5.33. The van der Waals surface area contributed by atoms with E-state index >= 15 is 0 Å². The smallest absolute Gasteiger partial charge is 0.251 e. The van der Waals surface area contributed by atoms with Crippen LogP contribution in [0.15, 0.2) is 36.5 Å². The van der Waals surface area contributed by atoms with E-state index in [4.69, 9.17) is 0 Å². The number of piperidine rings is 1. The molecule has 1 amide bonds. The van der Waals surface area contributed by atoms with Gasteiger partial charge in [-0.25, -0.2) is 0 Å². The zero-order valence-electron chi connectivity index (χ0n) is 12.2. The third-order valence-electron chi connectivity index (χ3n) is 3.82. The Balaban J connectivity index is 0.00000121. The number of amides is 1. The lowest BCUT2D eigenvalue weighted by atomic mass is 9.99. The summed E-state index contributed by atoms with van der Waals surface area (Å²) in [6.07, 6.45) is 4.15. The summed E-state index contributed by atoms with van der Waals surface area (Å²) >= 11 is 0. The molecule has 1 aliphatic rings. The molecule has 1 aromatic carbocycles. The van der Waals surface area contributed by atoms with Crippen LogP contribution in [0.5, 0.6) is 0 Å². The number of hydrogen-bond acceptors (Lipinski definition) is 3. The number of benzene rings is 1. The van der Waals surface area contributed by atoms with Crippen molar-refractivity contribution in [3.8, 4) is 0 Å². The summed E-state index contributed by atoms with van der Waals surface area (Å²) in [7, 11) is 0. The molecule has 3 rings (SSSR count). The minimum absolute atomic E-state index is 0. The van der Waals surface area contributed by atoms with Crippen molar-refractivity contribution in [2.75, 3.05) is 19.6 Å². The normalized spacial score (nSPS) is 17.2. The highest BCUT2D eigenvalue weighted by atomic mass is 35.5. The Hall–Kier alpha value is -1.36. The lowest BCUT2D eigenvalue weighted by molar-refractivity contribution is 0.0945. The van der Waals surface area contributed by atoms with Crippen molar-refractivity contribution in [2.24, 2.45) is 5.92 Å². The van der Waals surface area contributed by atoms with E-state index in [0.29, 0.717) is 11.5 Å². The van der Waals surface area contributed by atoms with E-state index < -0.39 is 0 Å². The van der Waals surface area contributed by atoms with Gasteiger partial charge in [0.1, 0.15) is 0 Å². The average Bonchev–Trinajstić information content (AvgIpc) is 2.53. The topological polar surface area (TPSA) is 54.0 Å². The van der Waals surface area contributed by atoms with Crippen LogP contribution in [0, 0.1) is 5.92 Å². The number of nitrogens with zero attached hydrogens (tertiary/aromatic N) is 1. The molecule has 1 unspecified atom stereocenters. The number of rotatable bonds is 3. The van der Waals surface area contributed by atoms with Gasteiger partial charge in [-0.2, -0.15) is 0 Å². The molecule has 0 spiro atoms. The van der Waals surface area contributed by atoms with Crippen LogP contribution in [0.4, 0.5) is 0 Å². The Labute approximate surface area is 142 Å². The molecule has 4 nitrogen and oxygen atoms in total. The molecule has 1 aromatic heterocycles. The summed E-state index contributed by atoms with van der Waals surface area (Å²) < 4.78 is 0. The van der Waals surface area contributed by atoms with E-state index in [1.165, 1.54) is 12.8 Å². The van der Waals surface area contributed by atoms with Crippen molar-refractivity contribution in [3.05, 3.63) is 42.1 Å². The van der Waals surface area contributed by atoms with Crippen molar-refractivity contribution in [2.45, 2.75) is 12.8 Å². The van der Waals surface area contributed by atoms with Crippen LogP contribution >= 0.6 is 24.8 Å². The van der Waals surface area contributed by atoms with E-state index in [-0.39, 0.29) is 30.7 Å². The van der Waals surface area contributed by atoms with Gasteiger partial charge in [0.2, 0.25) is 0 Å². The van der Waals surface area contributed by atoms with Crippen LogP contribution in [0.2, 0.25) is 0 Å². The second-order valence-corrected chi connectivity index (χ2v) is 5.33. The van der Waals surface area contributed by atoms with Gasteiger partial charge in [0.25, 0.3) is 5.91 Å². The van der Waals surface area contributed by atoms with Crippen LogP contribution in [0.3, 0.4) is 0 Å². The Kier molecular flexibility index (Phi) is 7.59. The van der Waals surface area contributed by atoms with Crippen molar-refractivity contribution in [3.63, 3.8) is 0 Å². The van der Waals surface area contributed by atoms with Gasteiger partial charge >= 0.3 is 0 Å². The SMILES string of the molecule is Cl.Cl.O=C(NCC1CCCNC1)c1ccc2ncccc2c1. The van der Waals surface area contributed by atoms with Crippen molar-refractivity contribution < 1.29 is 4.79 Å². The molecule has 1 atom stereocenters. The van der Waals surface area contributed by atoms with Gasteiger partial charge in [-0.15, -0.1) is 24.8 Å². The molecule has 0 radical (unpaired) electrons. The number of carbonyl (C=O) groups is 1. The predicted molar refractivity (Wildman–Crippen MR) is 94.2 cm³/mol. The molecular weight excluding hydrogens is 321 g/mol. The first-order chi connectivity index (χ1) is 9.83.